The van der Waals surface area contributed by atoms with E-state index in [-0.39, 0.29) is 16.9 Å². The summed E-state index contributed by atoms with van der Waals surface area (Å²) < 4.78 is 37.6. The van der Waals surface area contributed by atoms with Crippen LogP contribution in [0.1, 0.15) is 52.6 Å². The number of rotatable bonds is 10. The van der Waals surface area contributed by atoms with E-state index in [9.17, 15) is 37.1 Å². The number of hydrogen-bond acceptors (Lipinski definition) is 6. The zero-order valence-corrected chi connectivity index (χ0v) is 28.4. The molecule has 0 radical (unpaired) electrons. The SMILES string of the molecule is O=C(O)/C=C\C(=O)Nc1ccccc1C(F)(F)F.O=C(O)c1ccc(Cl)cc1CCc1cccs1.O=C(O)c1ccccc1C(=O)c1ccccc1. The number of aliphatic carboxylic acids is 1. The number of hydrogen-bond donors (Lipinski definition) is 4. The number of ketones is 1. The molecule has 0 aliphatic carbocycles. The lowest BCUT2D eigenvalue weighted by atomic mass is 9.98. The van der Waals surface area contributed by atoms with Crippen molar-refractivity contribution in [1.29, 1.82) is 0 Å². The molecule has 268 valence electrons. The Morgan fingerprint density at radius 1 is 0.692 bits per heavy atom. The van der Waals surface area contributed by atoms with Crippen LogP contribution in [0, 0.1) is 0 Å². The second-order valence-electron chi connectivity index (χ2n) is 10.4. The van der Waals surface area contributed by atoms with E-state index in [1.54, 1.807) is 72.0 Å². The molecule has 5 rings (SSSR count). The summed E-state index contributed by atoms with van der Waals surface area (Å²) in [4.78, 5) is 56.7. The van der Waals surface area contributed by atoms with Crippen LogP contribution in [0.4, 0.5) is 18.9 Å². The Morgan fingerprint density at radius 2 is 1.31 bits per heavy atom. The lowest BCUT2D eigenvalue weighted by molar-refractivity contribution is -0.137. The number of carboxylic acid groups (broad SMARTS) is 3. The van der Waals surface area contributed by atoms with Crippen LogP contribution in [-0.2, 0) is 28.6 Å². The minimum Gasteiger partial charge on any atom is -0.478 e. The summed E-state index contributed by atoms with van der Waals surface area (Å²) in [6.07, 6.45) is -1.89. The number of nitrogens with one attached hydrogen (secondary N) is 1. The van der Waals surface area contributed by atoms with Crippen molar-refractivity contribution in [2.75, 3.05) is 5.32 Å². The molecule has 0 saturated heterocycles. The minimum atomic E-state index is -4.60. The highest BCUT2D eigenvalue weighted by Gasteiger charge is 2.33. The van der Waals surface area contributed by atoms with Gasteiger partial charge in [-0.05, 0) is 66.2 Å². The van der Waals surface area contributed by atoms with Gasteiger partial charge in [0.05, 0.1) is 22.4 Å². The van der Waals surface area contributed by atoms with Gasteiger partial charge >= 0.3 is 24.1 Å². The number of aromatic carboxylic acids is 2. The molecule has 0 spiro atoms. The Balaban J connectivity index is 0.000000210. The Hall–Kier alpha value is -6.05. The van der Waals surface area contributed by atoms with Crippen LogP contribution in [0.3, 0.4) is 0 Å². The molecule has 4 N–H and O–H groups in total. The summed E-state index contributed by atoms with van der Waals surface area (Å²) in [7, 11) is 0. The Bertz CT molecular complexity index is 2050. The molecule has 1 heterocycles. The molecule has 5 aromatic rings. The monoisotopic (exact) mass is 751 g/mol. The molecule has 0 saturated carbocycles. The highest BCUT2D eigenvalue weighted by atomic mass is 35.5. The summed E-state index contributed by atoms with van der Waals surface area (Å²) in [5.74, 6) is -4.58. The molecule has 0 aliphatic heterocycles. The van der Waals surface area contributed by atoms with Gasteiger partial charge in [-0.1, -0.05) is 78.3 Å². The molecule has 1 amide bonds. The number of anilines is 1. The molecule has 0 aliphatic rings. The number of carbonyl (C=O) groups is 5. The summed E-state index contributed by atoms with van der Waals surface area (Å²) in [6.45, 7) is 0. The van der Waals surface area contributed by atoms with Crippen molar-refractivity contribution in [3.8, 4) is 0 Å². The first-order valence-electron chi connectivity index (χ1n) is 15.0. The van der Waals surface area contributed by atoms with Gasteiger partial charge in [0, 0.05) is 33.2 Å². The summed E-state index contributed by atoms with van der Waals surface area (Å²) >= 11 is 7.57. The van der Waals surface area contributed by atoms with E-state index in [4.69, 9.17) is 26.9 Å². The Labute approximate surface area is 304 Å². The van der Waals surface area contributed by atoms with Crippen LogP contribution >= 0.6 is 22.9 Å². The first kappa shape index (κ1) is 40.4. The van der Waals surface area contributed by atoms with Crippen molar-refractivity contribution in [3.05, 3.63) is 170 Å². The van der Waals surface area contributed by atoms with Gasteiger partial charge in [0.2, 0.25) is 5.91 Å². The molecule has 9 nitrogen and oxygen atoms in total. The second kappa shape index (κ2) is 19.4. The van der Waals surface area contributed by atoms with E-state index in [0.29, 0.717) is 34.7 Å². The number of carboxylic acids is 3. The van der Waals surface area contributed by atoms with Gasteiger partial charge < -0.3 is 20.6 Å². The number of amides is 1. The lowest BCUT2D eigenvalue weighted by Gasteiger charge is -2.12. The van der Waals surface area contributed by atoms with Crippen LogP contribution in [-0.4, -0.2) is 44.9 Å². The average molecular weight is 752 g/mol. The van der Waals surface area contributed by atoms with Crippen LogP contribution in [0.15, 0.2) is 127 Å². The highest BCUT2D eigenvalue weighted by Crippen LogP contribution is 2.34. The number of aryl methyl sites for hydroxylation is 2. The Kier molecular flexibility index (Phi) is 15.0. The molecule has 0 unspecified atom stereocenters. The lowest BCUT2D eigenvalue weighted by Crippen LogP contribution is -2.14. The van der Waals surface area contributed by atoms with Crippen molar-refractivity contribution < 1.29 is 52.5 Å². The molecule has 4 aromatic carbocycles. The predicted molar refractivity (Wildman–Crippen MR) is 190 cm³/mol. The number of halogens is 4. The summed E-state index contributed by atoms with van der Waals surface area (Å²) in [5.41, 5.74) is 0.435. The van der Waals surface area contributed by atoms with Gasteiger partial charge in [-0.15, -0.1) is 11.3 Å². The van der Waals surface area contributed by atoms with Gasteiger partial charge in [0.25, 0.3) is 0 Å². The maximum Gasteiger partial charge on any atom is 0.418 e. The predicted octanol–water partition coefficient (Wildman–Crippen LogP) is 8.79. The molecule has 0 atom stereocenters. The smallest absolute Gasteiger partial charge is 0.418 e. The molecule has 1 aromatic heterocycles. The van der Waals surface area contributed by atoms with Crippen LogP contribution < -0.4 is 5.32 Å². The standard InChI is InChI=1S/C14H10O3.C13H11ClO2S.C11H8F3NO3/c15-13(10-6-2-1-3-7-10)11-8-4-5-9-12(11)14(16)17;14-10-4-6-12(13(15)16)9(8-10)3-5-11-2-1-7-17-11;12-11(13,14)7-3-1-2-4-8(7)15-9(16)5-6-10(17)18/h1-9H,(H,16,17);1-2,4,6-8H,3,5H2,(H,15,16);1-6H,(H,15,16)(H,17,18)/b;;6-5-. The third-order valence-electron chi connectivity index (χ3n) is 6.82. The maximum absolute atomic E-state index is 12.5. The summed E-state index contributed by atoms with van der Waals surface area (Å²) in [5, 5.41) is 30.9. The molecule has 0 fully saturated rings. The highest BCUT2D eigenvalue weighted by molar-refractivity contribution is 7.09. The van der Waals surface area contributed by atoms with E-state index < -0.39 is 41.2 Å². The number of alkyl halides is 3. The van der Waals surface area contributed by atoms with Crippen molar-refractivity contribution in [3.63, 3.8) is 0 Å². The number of carbonyl (C=O) groups excluding carboxylic acids is 2. The molecule has 52 heavy (non-hydrogen) atoms. The third-order valence-corrected chi connectivity index (χ3v) is 8.00. The van der Waals surface area contributed by atoms with E-state index >= 15 is 0 Å². The zero-order valence-electron chi connectivity index (χ0n) is 26.8. The molecular weight excluding hydrogens is 723 g/mol. The quantitative estimate of drug-likeness (QED) is 0.0815. The van der Waals surface area contributed by atoms with Crippen LogP contribution in [0.25, 0.3) is 0 Å². The fourth-order valence-corrected chi connectivity index (χ4v) is 5.37. The van der Waals surface area contributed by atoms with E-state index in [1.165, 1.54) is 29.1 Å². The van der Waals surface area contributed by atoms with Crippen molar-refractivity contribution >= 4 is 58.2 Å². The van der Waals surface area contributed by atoms with Gasteiger partial charge in [-0.2, -0.15) is 13.2 Å². The molecular formula is C38H29ClF3NO8S. The average Bonchev–Trinajstić information content (AvgIpc) is 3.64. The van der Waals surface area contributed by atoms with Crippen molar-refractivity contribution in [2.45, 2.75) is 19.0 Å². The topological polar surface area (TPSA) is 158 Å². The van der Waals surface area contributed by atoms with Crippen LogP contribution in [0.5, 0.6) is 0 Å². The van der Waals surface area contributed by atoms with Crippen molar-refractivity contribution in [1.82, 2.24) is 0 Å². The van der Waals surface area contributed by atoms with Crippen molar-refractivity contribution in [2.24, 2.45) is 0 Å². The van der Waals surface area contributed by atoms with Gasteiger partial charge in [-0.3, -0.25) is 9.59 Å². The fourth-order valence-electron chi connectivity index (χ4n) is 4.46. The number of benzene rings is 4. The zero-order chi connectivity index (χ0) is 38.3. The number of para-hydroxylation sites is 1. The Morgan fingerprint density at radius 3 is 1.90 bits per heavy atom. The minimum absolute atomic E-state index is 0.0290. The fraction of sp³-hybridized carbons (Fsp3) is 0.0789. The van der Waals surface area contributed by atoms with E-state index in [2.05, 4.69) is 6.07 Å². The third kappa shape index (κ3) is 12.7. The van der Waals surface area contributed by atoms with E-state index in [1.807, 2.05) is 16.8 Å². The largest absolute Gasteiger partial charge is 0.478 e. The molecule has 14 heteroatoms. The second-order valence-corrected chi connectivity index (χ2v) is 11.9. The first-order chi connectivity index (χ1) is 24.7. The maximum atomic E-state index is 12.5. The number of thiophene rings is 1. The van der Waals surface area contributed by atoms with Gasteiger partial charge in [0.1, 0.15) is 0 Å². The normalized spacial score (nSPS) is 10.6. The molecule has 0 bridgehead atoms. The van der Waals surface area contributed by atoms with Gasteiger partial charge in [0.15, 0.2) is 5.78 Å². The van der Waals surface area contributed by atoms with E-state index in [0.717, 1.165) is 24.1 Å². The van der Waals surface area contributed by atoms with Crippen LogP contribution in [0.2, 0.25) is 5.02 Å². The van der Waals surface area contributed by atoms with Gasteiger partial charge in [-0.25, -0.2) is 14.4 Å². The summed E-state index contributed by atoms with van der Waals surface area (Å²) in [6, 6.07) is 28.2. The first-order valence-corrected chi connectivity index (χ1v) is 16.3.